The number of anilines is 2. The van der Waals surface area contributed by atoms with Gasteiger partial charge in [0, 0.05) is 24.3 Å². The molecule has 0 fully saturated rings. The molecule has 0 amide bonds. The minimum absolute atomic E-state index is 0.0215. The molecular weight excluding hydrogens is 257 g/mol. The van der Waals surface area contributed by atoms with Crippen LogP contribution in [0.4, 0.5) is 24.5 Å². The lowest BCUT2D eigenvalue weighted by molar-refractivity contribution is -0.136. The number of nitrogens with two attached hydrogens (primary N) is 1. The zero-order chi connectivity index (χ0) is 13.9. The second-order valence-electron chi connectivity index (χ2n) is 4.06. The fourth-order valence-electron chi connectivity index (χ4n) is 1.73. The molecule has 0 saturated heterocycles. The van der Waals surface area contributed by atoms with Gasteiger partial charge in [-0.25, -0.2) is 0 Å². The van der Waals surface area contributed by atoms with Crippen molar-refractivity contribution in [2.45, 2.75) is 12.6 Å². The maximum Gasteiger partial charge on any atom is 0.418 e. The van der Waals surface area contributed by atoms with E-state index in [1.807, 2.05) is 0 Å². The number of benzene rings is 1. The number of hydrogen-bond donors (Lipinski definition) is 2. The molecule has 1 aromatic heterocycles. The van der Waals surface area contributed by atoms with Crippen LogP contribution in [0.5, 0.6) is 0 Å². The smallest absolute Gasteiger partial charge is 0.418 e. The average molecular weight is 270 g/mol. The summed E-state index contributed by atoms with van der Waals surface area (Å²) in [5.74, 6) is 0.719. The third-order valence-electron chi connectivity index (χ3n) is 2.62. The van der Waals surface area contributed by atoms with Crippen molar-refractivity contribution in [3.05, 3.63) is 47.9 Å². The summed E-state index contributed by atoms with van der Waals surface area (Å²) in [6.45, 7) is 0.348. The third-order valence-corrected chi connectivity index (χ3v) is 2.62. The Kier molecular flexibility index (Phi) is 3.69. The highest BCUT2D eigenvalue weighted by Crippen LogP contribution is 2.35. The Morgan fingerprint density at radius 1 is 1.21 bits per heavy atom. The molecule has 2 aromatic rings. The van der Waals surface area contributed by atoms with Crippen LogP contribution in [0.25, 0.3) is 0 Å². The van der Waals surface area contributed by atoms with E-state index in [4.69, 9.17) is 10.2 Å². The summed E-state index contributed by atoms with van der Waals surface area (Å²) in [6.07, 6.45) is -2.39. The van der Waals surface area contributed by atoms with Crippen molar-refractivity contribution in [1.29, 1.82) is 0 Å². The van der Waals surface area contributed by atoms with Crippen molar-refractivity contribution in [2.24, 2.45) is 0 Å². The molecule has 19 heavy (non-hydrogen) atoms. The highest BCUT2D eigenvalue weighted by atomic mass is 19.4. The van der Waals surface area contributed by atoms with Gasteiger partial charge in [0.2, 0.25) is 0 Å². The second-order valence-corrected chi connectivity index (χ2v) is 4.06. The molecule has 6 heteroatoms. The van der Waals surface area contributed by atoms with Gasteiger partial charge in [-0.1, -0.05) is 0 Å². The number of nitrogens with one attached hydrogen (secondary N) is 1. The lowest BCUT2D eigenvalue weighted by Crippen LogP contribution is -2.13. The second kappa shape index (κ2) is 5.26. The predicted molar refractivity (Wildman–Crippen MR) is 66.8 cm³/mol. The number of halogens is 3. The lowest BCUT2D eigenvalue weighted by Gasteiger charge is -2.14. The quantitative estimate of drug-likeness (QED) is 0.835. The van der Waals surface area contributed by atoms with Crippen LogP contribution < -0.4 is 11.1 Å². The zero-order valence-electron chi connectivity index (χ0n) is 10.00. The van der Waals surface area contributed by atoms with Gasteiger partial charge in [-0.2, -0.15) is 13.2 Å². The number of alkyl halides is 3. The molecule has 0 saturated carbocycles. The molecule has 3 nitrogen and oxygen atoms in total. The molecule has 0 unspecified atom stereocenters. The Morgan fingerprint density at radius 2 is 2.00 bits per heavy atom. The van der Waals surface area contributed by atoms with Crippen LogP contribution in [-0.2, 0) is 12.6 Å². The minimum atomic E-state index is -4.43. The highest BCUT2D eigenvalue weighted by Gasteiger charge is 2.33. The topological polar surface area (TPSA) is 51.2 Å². The molecule has 0 spiro atoms. The number of furan rings is 1. The van der Waals surface area contributed by atoms with Crippen molar-refractivity contribution >= 4 is 11.4 Å². The Balaban J connectivity index is 2.07. The molecule has 0 radical (unpaired) electrons. The van der Waals surface area contributed by atoms with Crippen molar-refractivity contribution in [2.75, 3.05) is 17.6 Å². The third kappa shape index (κ3) is 3.43. The maximum atomic E-state index is 12.8. The summed E-state index contributed by atoms with van der Waals surface area (Å²) in [5, 5.41) is 2.75. The van der Waals surface area contributed by atoms with Gasteiger partial charge in [-0.3, -0.25) is 0 Å². The van der Waals surface area contributed by atoms with Crippen molar-refractivity contribution in [1.82, 2.24) is 0 Å². The first-order valence-corrected chi connectivity index (χ1v) is 5.70. The largest absolute Gasteiger partial charge is 0.469 e. The van der Waals surface area contributed by atoms with Crippen LogP contribution in [0.15, 0.2) is 41.0 Å². The summed E-state index contributed by atoms with van der Waals surface area (Å²) in [6, 6.07) is 7.20. The lowest BCUT2D eigenvalue weighted by atomic mass is 10.1. The molecule has 0 aliphatic carbocycles. The van der Waals surface area contributed by atoms with Crippen molar-refractivity contribution < 1.29 is 17.6 Å². The van der Waals surface area contributed by atoms with E-state index in [1.54, 1.807) is 12.1 Å². The van der Waals surface area contributed by atoms with Gasteiger partial charge >= 0.3 is 6.18 Å². The molecular formula is C13H13F3N2O. The minimum Gasteiger partial charge on any atom is -0.469 e. The van der Waals surface area contributed by atoms with Gasteiger partial charge in [0.15, 0.2) is 0 Å². The Bertz CT molecular complexity index is 535. The summed E-state index contributed by atoms with van der Waals surface area (Å²) in [4.78, 5) is 0. The van der Waals surface area contributed by atoms with E-state index in [1.165, 1.54) is 18.4 Å². The van der Waals surface area contributed by atoms with E-state index < -0.39 is 11.7 Å². The summed E-state index contributed by atoms with van der Waals surface area (Å²) >= 11 is 0. The van der Waals surface area contributed by atoms with Gasteiger partial charge in [0.25, 0.3) is 0 Å². The molecule has 0 atom stereocenters. The van der Waals surface area contributed by atoms with E-state index in [2.05, 4.69) is 5.32 Å². The molecule has 1 aromatic carbocycles. The normalized spacial score (nSPS) is 11.5. The van der Waals surface area contributed by atoms with Crippen LogP contribution in [0.2, 0.25) is 0 Å². The van der Waals surface area contributed by atoms with E-state index >= 15 is 0 Å². The fourth-order valence-corrected chi connectivity index (χ4v) is 1.73. The number of nitrogen functional groups attached to an aromatic ring is 1. The molecule has 0 bridgehead atoms. The summed E-state index contributed by atoms with van der Waals surface area (Å²) in [5.41, 5.74) is 4.74. The standard InChI is InChI=1S/C13H13F3N2O/c14-13(15,16)11-8-9(17)3-4-12(11)18-6-5-10-2-1-7-19-10/h1-4,7-8,18H,5-6,17H2. The number of rotatable bonds is 4. The Hall–Kier alpha value is -2.11. The Morgan fingerprint density at radius 3 is 2.63 bits per heavy atom. The average Bonchev–Trinajstić information content (AvgIpc) is 2.83. The fraction of sp³-hybridized carbons (Fsp3) is 0.231. The first-order valence-electron chi connectivity index (χ1n) is 5.70. The van der Waals surface area contributed by atoms with Crippen LogP contribution >= 0.6 is 0 Å². The molecule has 102 valence electrons. The summed E-state index contributed by atoms with van der Waals surface area (Å²) in [7, 11) is 0. The highest BCUT2D eigenvalue weighted by molar-refractivity contribution is 5.59. The van der Waals surface area contributed by atoms with Crippen LogP contribution in [-0.4, -0.2) is 6.54 Å². The van der Waals surface area contributed by atoms with Gasteiger partial charge in [0.05, 0.1) is 11.8 Å². The summed E-state index contributed by atoms with van der Waals surface area (Å²) < 4.78 is 43.6. The van der Waals surface area contributed by atoms with E-state index in [9.17, 15) is 13.2 Å². The number of hydrogen-bond acceptors (Lipinski definition) is 3. The zero-order valence-corrected chi connectivity index (χ0v) is 10.00. The molecule has 1 heterocycles. The first-order chi connectivity index (χ1) is 8.97. The van der Waals surface area contributed by atoms with Crippen molar-refractivity contribution in [3.8, 4) is 0 Å². The van der Waals surface area contributed by atoms with Gasteiger partial charge in [-0.05, 0) is 30.3 Å². The van der Waals surface area contributed by atoms with Gasteiger partial charge < -0.3 is 15.5 Å². The Labute approximate surface area is 108 Å². The SMILES string of the molecule is Nc1ccc(NCCc2ccco2)c(C(F)(F)F)c1. The van der Waals surface area contributed by atoms with E-state index in [-0.39, 0.29) is 11.4 Å². The van der Waals surface area contributed by atoms with Crippen LogP contribution in [0, 0.1) is 0 Å². The van der Waals surface area contributed by atoms with Gasteiger partial charge in [0.1, 0.15) is 5.76 Å². The molecule has 0 aliphatic heterocycles. The predicted octanol–water partition coefficient (Wildman–Crippen LogP) is 3.54. The van der Waals surface area contributed by atoms with Crippen LogP contribution in [0.3, 0.4) is 0 Å². The monoisotopic (exact) mass is 270 g/mol. The molecule has 2 rings (SSSR count). The van der Waals surface area contributed by atoms with Gasteiger partial charge in [-0.15, -0.1) is 0 Å². The van der Waals surface area contributed by atoms with E-state index in [0.717, 1.165) is 11.8 Å². The molecule has 0 aliphatic rings. The van der Waals surface area contributed by atoms with Crippen LogP contribution in [0.1, 0.15) is 11.3 Å². The van der Waals surface area contributed by atoms with E-state index in [0.29, 0.717) is 13.0 Å². The first kappa shape index (κ1) is 13.3. The maximum absolute atomic E-state index is 12.8. The molecule has 3 N–H and O–H groups in total. The van der Waals surface area contributed by atoms with Crippen molar-refractivity contribution in [3.63, 3.8) is 0 Å².